The van der Waals surface area contributed by atoms with E-state index in [9.17, 15) is 0 Å². The van der Waals surface area contributed by atoms with Crippen LogP contribution in [0, 0.1) is 6.92 Å². The number of para-hydroxylation sites is 2. The molecule has 0 saturated heterocycles. The number of nitrogens with zero attached hydrogens (tertiary/aromatic N) is 4. The van der Waals surface area contributed by atoms with Gasteiger partial charge in [0.25, 0.3) is 0 Å². The Kier molecular flexibility index (Phi) is 7.83. The molecule has 5 aromatic carbocycles. The molecule has 0 aliphatic heterocycles. The molecule has 8 rings (SSSR count). The molecule has 0 aliphatic rings. The molecule has 0 fully saturated rings. The predicted molar refractivity (Wildman–Crippen MR) is 216 cm³/mol. The number of fused-ring (bicyclic) bond motifs is 4. The maximum atomic E-state index is 4.71. The smallest absolute Gasteiger partial charge is 0.0963 e. The third-order valence-corrected chi connectivity index (χ3v) is 10.8. The Morgan fingerprint density at radius 3 is 1.55 bits per heavy atom. The summed E-state index contributed by atoms with van der Waals surface area (Å²) in [6, 6.07) is 48.4. The van der Waals surface area contributed by atoms with Gasteiger partial charge in [0, 0.05) is 51.1 Å². The van der Waals surface area contributed by atoms with Crippen LogP contribution in [0.3, 0.4) is 0 Å². The van der Waals surface area contributed by atoms with Gasteiger partial charge in [-0.05, 0) is 77.7 Å². The second-order valence-corrected chi connectivity index (χ2v) is 14.4. The molecule has 0 spiro atoms. The molecule has 4 nitrogen and oxygen atoms in total. The van der Waals surface area contributed by atoms with Crippen molar-refractivity contribution in [3.05, 3.63) is 180 Å². The molecule has 0 aliphatic carbocycles. The minimum absolute atomic E-state index is 0.169. The molecule has 0 atom stereocenters. The van der Waals surface area contributed by atoms with Gasteiger partial charge in [-0.2, -0.15) is 0 Å². The van der Waals surface area contributed by atoms with E-state index in [4.69, 9.17) is 9.98 Å². The first kappa shape index (κ1) is 32.2. The van der Waals surface area contributed by atoms with E-state index >= 15 is 0 Å². The monoisotopic (exact) mass is 662 g/mol. The van der Waals surface area contributed by atoms with Crippen molar-refractivity contribution >= 4 is 44.7 Å². The Morgan fingerprint density at radius 2 is 1.00 bits per heavy atom. The number of rotatable bonds is 8. The second kappa shape index (κ2) is 12.4. The van der Waals surface area contributed by atoms with Crippen molar-refractivity contribution in [2.24, 2.45) is 4.99 Å². The van der Waals surface area contributed by atoms with Crippen LogP contribution < -0.4 is 0 Å². The SMILES string of the molecule is C=C/C=N\c1c(C)n(-c2ccc(C(C)(C)c3ccc(C(C)(C)c4ccc(-n5c6ccccc6c6ncccc65)cc4)cc3)cc2)c2ccccc12. The van der Waals surface area contributed by atoms with Crippen molar-refractivity contribution in [3.8, 4) is 11.4 Å². The average molecular weight is 663 g/mol. The first-order valence-electron chi connectivity index (χ1n) is 17.6. The van der Waals surface area contributed by atoms with E-state index in [0.717, 1.165) is 44.7 Å². The summed E-state index contributed by atoms with van der Waals surface area (Å²) in [7, 11) is 0. The van der Waals surface area contributed by atoms with E-state index in [2.05, 4.69) is 178 Å². The number of aliphatic imine (C=N–C) groups is 1. The third-order valence-electron chi connectivity index (χ3n) is 10.8. The highest BCUT2D eigenvalue weighted by atomic mass is 15.0. The Labute approximate surface area is 300 Å². The van der Waals surface area contributed by atoms with E-state index < -0.39 is 0 Å². The van der Waals surface area contributed by atoms with Crippen LogP contribution in [-0.2, 0) is 10.8 Å². The molecule has 0 radical (unpaired) electrons. The van der Waals surface area contributed by atoms with E-state index in [1.807, 2.05) is 12.3 Å². The first-order valence-corrected chi connectivity index (χ1v) is 17.6. The van der Waals surface area contributed by atoms with Crippen molar-refractivity contribution < 1.29 is 0 Å². The Bertz CT molecular complexity index is 2520. The van der Waals surface area contributed by atoms with Crippen LogP contribution in [0.4, 0.5) is 5.69 Å². The zero-order chi connectivity index (χ0) is 35.3. The summed E-state index contributed by atoms with van der Waals surface area (Å²) >= 11 is 0. The highest BCUT2D eigenvalue weighted by molar-refractivity contribution is 6.06. The minimum Gasteiger partial charge on any atom is -0.312 e. The topological polar surface area (TPSA) is 35.1 Å². The molecule has 8 aromatic rings. The van der Waals surface area contributed by atoms with Gasteiger partial charge < -0.3 is 9.13 Å². The van der Waals surface area contributed by atoms with E-state index in [1.54, 1.807) is 12.3 Å². The Balaban J connectivity index is 1.06. The molecule has 0 unspecified atom stereocenters. The van der Waals surface area contributed by atoms with Crippen molar-refractivity contribution in [2.45, 2.75) is 45.4 Å². The van der Waals surface area contributed by atoms with E-state index in [1.165, 1.54) is 33.2 Å². The number of pyridine rings is 1. The number of aromatic nitrogens is 3. The van der Waals surface area contributed by atoms with Gasteiger partial charge >= 0.3 is 0 Å². The van der Waals surface area contributed by atoms with Crippen molar-refractivity contribution in [3.63, 3.8) is 0 Å². The number of allylic oxidation sites excluding steroid dienone is 1. The van der Waals surface area contributed by atoms with Crippen LogP contribution in [0.15, 0.2) is 157 Å². The van der Waals surface area contributed by atoms with Gasteiger partial charge in [-0.15, -0.1) is 0 Å². The van der Waals surface area contributed by atoms with Gasteiger partial charge in [0.1, 0.15) is 0 Å². The summed E-state index contributed by atoms with van der Waals surface area (Å²) < 4.78 is 4.61. The summed E-state index contributed by atoms with van der Waals surface area (Å²) in [6.45, 7) is 15.2. The van der Waals surface area contributed by atoms with Crippen LogP contribution in [0.1, 0.15) is 55.6 Å². The van der Waals surface area contributed by atoms with Crippen LogP contribution in [-0.4, -0.2) is 20.3 Å². The minimum atomic E-state index is -0.173. The van der Waals surface area contributed by atoms with Crippen LogP contribution in [0.2, 0.25) is 0 Å². The molecule has 0 bridgehead atoms. The molecule has 0 N–H and O–H groups in total. The molecule has 4 heteroatoms. The lowest BCUT2D eigenvalue weighted by Crippen LogP contribution is -2.21. The largest absolute Gasteiger partial charge is 0.312 e. The van der Waals surface area contributed by atoms with Crippen LogP contribution in [0.5, 0.6) is 0 Å². The van der Waals surface area contributed by atoms with Gasteiger partial charge in [0.05, 0.1) is 27.8 Å². The normalized spacial score (nSPS) is 12.4. The fourth-order valence-corrected chi connectivity index (χ4v) is 7.73. The standard InChI is InChI=1S/C47H42N4/c1-7-30-48-44-32(2)50(41-15-10-8-13-39(41)44)37-26-22-35(23-27-37)46(3,4)33-18-20-34(21-19-33)47(5,6)36-24-28-38(29-25-36)51-42-16-11-9-14-40(42)45-43(51)17-12-31-49-45/h7-31H,1H2,2-6H3/b48-30-. The molecule has 3 heterocycles. The molecular formula is C47H42N4. The maximum Gasteiger partial charge on any atom is 0.0963 e. The fourth-order valence-electron chi connectivity index (χ4n) is 7.73. The second-order valence-electron chi connectivity index (χ2n) is 14.4. The van der Waals surface area contributed by atoms with Crippen LogP contribution >= 0.6 is 0 Å². The van der Waals surface area contributed by atoms with Crippen LogP contribution in [0.25, 0.3) is 44.2 Å². The lowest BCUT2D eigenvalue weighted by atomic mass is 9.74. The van der Waals surface area contributed by atoms with Gasteiger partial charge in [-0.1, -0.05) is 125 Å². The predicted octanol–water partition coefficient (Wildman–Crippen LogP) is 12.0. The van der Waals surface area contributed by atoms with E-state index in [0.29, 0.717) is 0 Å². The summed E-state index contributed by atoms with van der Waals surface area (Å²) in [6.07, 6.45) is 5.36. The van der Waals surface area contributed by atoms with Crippen molar-refractivity contribution in [1.29, 1.82) is 0 Å². The van der Waals surface area contributed by atoms with Gasteiger partial charge in [0.2, 0.25) is 0 Å². The summed E-state index contributed by atoms with van der Waals surface area (Å²) in [5.41, 5.74) is 13.6. The van der Waals surface area contributed by atoms with Gasteiger partial charge in [0.15, 0.2) is 0 Å². The number of hydrogen-bond acceptors (Lipinski definition) is 2. The Hall–Kier alpha value is -6.00. The lowest BCUT2D eigenvalue weighted by molar-refractivity contribution is 0.626. The molecule has 51 heavy (non-hydrogen) atoms. The van der Waals surface area contributed by atoms with Crippen molar-refractivity contribution in [2.75, 3.05) is 0 Å². The van der Waals surface area contributed by atoms with E-state index in [-0.39, 0.29) is 10.8 Å². The highest BCUT2D eigenvalue weighted by Crippen LogP contribution is 2.39. The number of benzene rings is 5. The Morgan fingerprint density at radius 1 is 0.549 bits per heavy atom. The zero-order valence-electron chi connectivity index (χ0n) is 29.9. The molecular weight excluding hydrogens is 621 g/mol. The highest BCUT2D eigenvalue weighted by Gasteiger charge is 2.27. The lowest BCUT2D eigenvalue weighted by Gasteiger charge is -2.30. The summed E-state index contributed by atoms with van der Waals surface area (Å²) in [5.74, 6) is 0. The third kappa shape index (κ3) is 5.30. The van der Waals surface area contributed by atoms with Crippen molar-refractivity contribution in [1.82, 2.24) is 14.1 Å². The first-order chi connectivity index (χ1) is 24.7. The quantitative estimate of drug-likeness (QED) is 0.149. The molecule has 250 valence electrons. The van der Waals surface area contributed by atoms with Gasteiger partial charge in [-0.25, -0.2) is 0 Å². The number of hydrogen-bond donors (Lipinski definition) is 0. The summed E-state index contributed by atoms with van der Waals surface area (Å²) in [4.78, 5) is 9.41. The zero-order valence-corrected chi connectivity index (χ0v) is 29.9. The molecule has 0 saturated carbocycles. The fraction of sp³-hybridized carbons (Fsp3) is 0.149. The summed E-state index contributed by atoms with van der Waals surface area (Å²) in [5, 5.41) is 2.31. The average Bonchev–Trinajstić information content (AvgIpc) is 3.65. The van der Waals surface area contributed by atoms with Gasteiger partial charge in [-0.3, -0.25) is 9.98 Å². The maximum absolute atomic E-state index is 4.71. The molecule has 3 aromatic heterocycles. The molecule has 0 amide bonds.